The van der Waals surface area contributed by atoms with Crippen molar-refractivity contribution in [2.75, 3.05) is 13.2 Å². The molecule has 0 radical (unpaired) electrons. The van der Waals surface area contributed by atoms with E-state index >= 15 is 0 Å². The fourth-order valence-electron chi connectivity index (χ4n) is 2.20. The van der Waals surface area contributed by atoms with Gasteiger partial charge in [-0.15, -0.1) is 11.8 Å². The molecule has 0 fully saturated rings. The molecule has 0 saturated heterocycles. The quantitative estimate of drug-likeness (QED) is 0.330. The van der Waals surface area contributed by atoms with Crippen LogP contribution in [0.2, 0.25) is 0 Å². The van der Waals surface area contributed by atoms with E-state index in [2.05, 4.69) is 19.1 Å². The van der Waals surface area contributed by atoms with E-state index in [1.807, 2.05) is 38.1 Å². The van der Waals surface area contributed by atoms with Gasteiger partial charge in [0.15, 0.2) is 0 Å². The van der Waals surface area contributed by atoms with E-state index in [0.29, 0.717) is 19.2 Å². The van der Waals surface area contributed by atoms with E-state index in [1.165, 1.54) is 0 Å². The van der Waals surface area contributed by atoms with Crippen LogP contribution in [0.1, 0.15) is 46.5 Å². The molecule has 0 aliphatic carbocycles. The molecule has 1 rings (SSSR count). The summed E-state index contributed by atoms with van der Waals surface area (Å²) in [5.74, 6) is 0.512. The van der Waals surface area contributed by atoms with Gasteiger partial charge >= 0.3 is 0 Å². The topological polar surface area (TPSA) is 38.7 Å². The standard InChI is InChI=1S/C19H30O3S/c1-4-7-9-14-17(20)18(15-19(21-5-2)22-6-3)23-16-12-10-8-11-13-16/h8,10-13,15,17-18,20H,4-7,9,14H2,1-3H3. The largest absolute Gasteiger partial charge is 0.466 e. The summed E-state index contributed by atoms with van der Waals surface area (Å²) in [7, 11) is 0. The van der Waals surface area contributed by atoms with Crippen molar-refractivity contribution >= 4 is 11.8 Å². The summed E-state index contributed by atoms with van der Waals surface area (Å²) in [4.78, 5) is 1.13. The molecule has 0 aromatic heterocycles. The van der Waals surface area contributed by atoms with Gasteiger partial charge in [0.1, 0.15) is 0 Å². The lowest BCUT2D eigenvalue weighted by Gasteiger charge is -2.21. The fraction of sp³-hybridized carbons (Fsp3) is 0.579. The van der Waals surface area contributed by atoms with Gasteiger partial charge in [-0.25, -0.2) is 0 Å². The molecule has 130 valence electrons. The first-order valence-electron chi connectivity index (χ1n) is 8.58. The number of thioether (sulfide) groups is 1. The van der Waals surface area contributed by atoms with Crippen molar-refractivity contribution in [3.05, 3.63) is 42.4 Å². The Morgan fingerprint density at radius 1 is 1.09 bits per heavy atom. The zero-order chi connectivity index (χ0) is 16.9. The normalized spacial score (nSPS) is 13.2. The Bertz CT molecular complexity index is 426. The summed E-state index contributed by atoms with van der Waals surface area (Å²) >= 11 is 1.65. The van der Waals surface area contributed by atoms with Crippen molar-refractivity contribution in [3.63, 3.8) is 0 Å². The smallest absolute Gasteiger partial charge is 0.276 e. The molecule has 0 aliphatic heterocycles. The van der Waals surface area contributed by atoms with Gasteiger partial charge in [-0.05, 0) is 32.4 Å². The molecule has 1 aromatic carbocycles. The zero-order valence-corrected chi connectivity index (χ0v) is 15.3. The third-order valence-electron chi connectivity index (χ3n) is 3.37. The van der Waals surface area contributed by atoms with Gasteiger partial charge in [0.2, 0.25) is 0 Å². The van der Waals surface area contributed by atoms with Crippen LogP contribution < -0.4 is 0 Å². The summed E-state index contributed by atoms with van der Waals surface area (Å²) < 4.78 is 11.1. The Morgan fingerprint density at radius 3 is 2.30 bits per heavy atom. The summed E-state index contributed by atoms with van der Waals surface area (Å²) in [6.07, 6.45) is 5.63. The summed E-state index contributed by atoms with van der Waals surface area (Å²) in [5.41, 5.74) is 0. The Labute approximate surface area is 145 Å². The molecule has 2 atom stereocenters. The minimum absolute atomic E-state index is 0.0812. The number of benzene rings is 1. The van der Waals surface area contributed by atoms with E-state index in [1.54, 1.807) is 11.8 Å². The Hall–Kier alpha value is -1.13. The van der Waals surface area contributed by atoms with Gasteiger partial charge < -0.3 is 14.6 Å². The Morgan fingerprint density at radius 2 is 1.74 bits per heavy atom. The number of ether oxygens (including phenoxy) is 2. The van der Waals surface area contributed by atoms with Crippen LogP contribution in [0.5, 0.6) is 0 Å². The molecule has 0 saturated carbocycles. The van der Waals surface area contributed by atoms with Gasteiger partial charge in [0, 0.05) is 11.0 Å². The summed E-state index contributed by atoms with van der Waals surface area (Å²) in [5, 5.41) is 10.5. The van der Waals surface area contributed by atoms with Gasteiger partial charge in [-0.3, -0.25) is 0 Å². The van der Waals surface area contributed by atoms with E-state index in [-0.39, 0.29) is 5.25 Å². The predicted molar refractivity (Wildman–Crippen MR) is 97.6 cm³/mol. The highest BCUT2D eigenvalue weighted by Crippen LogP contribution is 2.29. The van der Waals surface area contributed by atoms with Crippen molar-refractivity contribution in [2.24, 2.45) is 0 Å². The van der Waals surface area contributed by atoms with Gasteiger partial charge in [-0.2, -0.15) is 0 Å². The molecule has 0 aliphatic rings. The fourth-order valence-corrected chi connectivity index (χ4v) is 3.30. The monoisotopic (exact) mass is 338 g/mol. The molecule has 2 unspecified atom stereocenters. The maximum absolute atomic E-state index is 10.6. The van der Waals surface area contributed by atoms with E-state index < -0.39 is 6.10 Å². The molecule has 0 amide bonds. The first-order chi connectivity index (χ1) is 11.2. The second-order valence-electron chi connectivity index (χ2n) is 5.31. The van der Waals surface area contributed by atoms with Gasteiger partial charge in [0.05, 0.1) is 24.6 Å². The van der Waals surface area contributed by atoms with E-state index in [0.717, 1.165) is 30.6 Å². The van der Waals surface area contributed by atoms with Crippen molar-refractivity contribution in [3.8, 4) is 0 Å². The van der Waals surface area contributed by atoms with Crippen LogP contribution in [0.4, 0.5) is 0 Å². The van der Waals surface area contributed by atoms with Gasteiger partial charge in [0.25, 0.3) is 5.95 Å². The summed E-state index contributed by atoms with van der Waals surface area (Å²) in [6, 6.07) is 10.1. The van der Waals surface area contributed by atoms with E-state index in [9.17, 15) is 5.11 Å². The summed E-state index contributed by atoms with van der Waals surface area (Å²) in [6.45, 7) is 7.15. The zero-order valence-electron chi connectivity index (χ0n) is 14.5. The molecule has 23 heavy (non-hydrogen) atoms. The van der Waals surface area contributed by atoms with Crippen LogP contribution in [0.15, 0.2) is 47.2 Å². The minimum atomic E-state index is -0.414. The van der Waals surface area contributed by atoms with Crippen molar-refractivity contribution in [1.29, 1.82) is 0 Å². The highest BCUT2D eigenvalue weighted by Gasteiger charge is 2.20. The maximum Gasteiger partial charge on any atom is 0.276 e. The number of rotatable bonds is 12. The highest BCUT2D eigenvalue weighted by molar-refractivity contribution is 8.00. The molecule has 1 N–H and O–H groups in total. The van der Waals surface area contributed by atoms with Crippen LogP contribution in [-0.2, 0) is 9.47 Å². The molecule has 0 spiro atoms. The maximum atomic E-state index is 10.6. The minimum Gasteiger partial charge on any atom is -0.466 e. The molecular formula is C19H30O3S. The number of unbranched alkanes of at least 4 members (excludes halogenated alkanes) is 2. The number of aliphatic hydroxyl groups excluding tert-OH is 1. The third kappa shape index (κ3) is 8.33. The lowest BCUT2D eigenvalue weighted by atomic mass is 10.1. The molecular weight excluding hydrogens is 308 g/mol. The van der Waals surface area contributed by atoms with Crippen LogP contribution in [-0.4, -0.2) is 29.7 Å². The number of hydrogen-bond acceptors (Lipinski definition) is 4. The first-order valence-corrected chi connectivity index (χ1v) is 9.46. The first kappa shape index (κ1) is 19.9. The highest BCUT2D eigenvalue weighted by atomic mass is 32.2. The lowest BCUT2D eigenvalue weighted by molar-refractivity contribution is 0.0438. The molecule has 1 aromatic rings. The van der Waals surface area contributed by atoms with E-state index in [4.69, 9.17) is 9.47 Å². The molecule has 0 bridgehead atoms. The second kappa shape index (κ2) is 12.3. The molecule has 3 nitrogen and oxygen atoms in total. The Balaban J connectivity index is 2.83. The van der Waals surface area contributed by atoms with Crippen LogP contribution in [0.3, 0.4) is 0 Å². The number of aliphatic hydroxyl groups is 1. The van der Waals surface area contributed by atoms with Crippen molar-refractivity contribution in [2.45, 2.75) is 62.7 Å². The van der Waals surface area contributed by atoms with Gasteiger partial charge in [-0.1, -0.05) is 44.4 Å². The second-order valence-corrected chi connectivity index (χ2v) is 6.56. The average Bonchev–Trinajstić information content (AvgIpc) is 2.56. The molecule has 0 heterocycles. The van der Waals surface area contributed by atoms with Crippen molar-refractivity contribution in [1.82, 2.24) is 0 Å². The third-order valence-corrected chi connectivity index (χ3v) is 4.64. The lowest BCUT2D eigenvalue weighted by Crippen LogP contribution is -2.22. The SMILES string of the molecule is CCCCCC(O)C(C=C(OCC)OCC)Sc1ccccc1. The average molecular weight is 339 g/mol. The predicted octanol–water partition coefficient (Wildman–Crippen LogP) is 5.00. The Kier molecular flexibility index (Phi) is 10.7. The molecule has 4 heteroatoms. The van der Waals surface area contributed by atoms with Crippen LogP contribution >= 0.6 is 11.8 Å². The van der Waals surface area contributed by atoms with Crippen LogP contribution in [0, 0.1) is 0 Å². The van der Waals surface area contributed by atoms with Crippen molar-refractivity contribution < 1.29 is 14.6 Å². The number of hydrogen-bond donors (Lipinski definition) is 1. The van der Waals surface area contributed by atoms with Crippen LogP contribution in [0.25, 0.3) is 0 Å².